The lowest BCUT2D eigenvalue weighted by molar-refractivity contribution is -0.426. The second kappa shape index (κ2) is 4.79. The molecule has 0 amide bonds. The minimum atomic E-state index is -1.39. The molecule has 3 aromatic carbocycles. The maximum Gasteiger partial charge on any atom is 0.215 e. The minimum Gasteiger partial charge on any atom is -0.847 e. The Labute approximate surface area is 129 Å². The highest BCUT2D eigenvalue weighted by molar-refractivity contribution is 6.05. The first-order valence-corrected chi connectivity index (χ1v) is 7.15. The molecule has 112 valence electrons. The van der Waals surface area contributed by atoms with Crippen LogP contribution in [0.25, 0.3) is 10.8 Å². The van der Waals surface area contributed by atoms with Crippen LogP contribution in [0, 0.1) is 0 Å². The highest BCUT2D eigenvalue weighted by Crippen LogP contribution is 2.30. The summed E-state index contributed by atoms with van der Waals surface area (Å²) in [5.74, 6) is -0.440. The Hall–Kier alpha value is -2.92. The molecule has 23 heavy (non-hydrogen) atoms. The highest BCUT2D eigenvalue weighted by atomic mass is 16.3. The van der Waals surface area contributed by atoms with Crippen LogP contribution < -0.4 is 21.3 Å². The van der Waals surface area contributed by atoms with Crippen LogP contribution in [0.1, 0.15) is 22.0 Å². The number of hydrogen-bond donors (Lipinski definition) is 0. The summed E-state index contributed by atoms with van der Waals surface area (Å²) in [4.78, 5) is 41.0. The summed E-state index contributed by atoms with van der Waals surface area (Å²) in [5.41, 5.74) is -0.373. The lowest BCUT2D eigenvalue weighted by atomic mass is 10.1. The summed E-state index contributed by atoms with van der Waals surface area (Å²) >= 11 is 0. The van der Waals surface area contributed by atoms with E-state index < -0.39 is 28.8 Å². The van der Waals surface area contributed by atoms with Gasteiger partial charge in [0.2, 0.25) is 10.9 Å². The molecule has 0 bridgehead atoms. The molecular formula is C18H10NO4-. The number of carbonyl (C=O) groups is 1. The molecule has 2 unspecified atom stereocenters. The van der Waals surface area contributed by atoms with Gasteiger partial charge in [-0.2, -0.15) is 0 Å². The van der Waals surface area contributed by atoms with E-state index in [1.807, 2.05) is 0 Å². The van der Waals surface area contributed by atoms with Crippen molar-refractivity contribution in [1.82, 2.24) is 0 Å². The summed E-state index contributed by atoms with van der Waals surface area (Å²) in [6, 6.07) is 11.6. The monoisotopic (exact) mass is 304 g/mol. The van der Waals surface area contributed by atoms with Crippen molar-refractivity contribution < 1.29 is 9.90 Å². The first kappa shape index (κ1) is 13.7. The molecule has 2 atom stereocenters. The van der Waals surface area contributed by atoms with E-state index in [0.29, 0.717) is 11.1 Å². The maximum atomic E-state index is 12.4. The fourth-order valence-corrected chi connectivity index (χ4v) is 3.06. The van der Waals surface area contributed by atoms with Crippen LogP contribution in [0.5, 0.6) is 0 Å². The quantitative estimate of drug-likeness (QED) is 0.633. The van der Waals surface area contributed by atoms with Gasteiger partial charge in [-0.15, -0.1) is 0 Å². The van der Waals surface area contributed by atoms with Crippen molar-refractivity contribution in [3.8, 4) is 0 Å². The van der Waals surface area contributed by atoms with E-state index in [9.17, 15) is 19.5 Å². The van der Waals surface area contributed by atoms with Gasteiger partial charge in [0.25, 0.3) is 0 Å². The molecule has 0 N–H and O–H groups in total. The van der Waals surface area contributed by atoms with Gasteiger partial charge >= 0.3 is 0 Å². The van der Waals surface area contributed by atoms with Gasteiger partial charge in [0, 0.05) is 16.3 Å². The number of carbonyl (C=O) groups excluding carboxylic acids is 1. The Morgan fingerprint density at radius 3 is 2.00 bits per heavy atom. The van der Waals surface area contributed by atoms with E-state index in [1.165, 1.54) is 12.1 Å². The van der Waals surface area contributed by atoms with Gasteiger partial charge in [0.05, 0.1) is 0 Å². The molecule has 5 nitrogen and oxygen atoms in total. The first-order chi connectivity index (χ1) is 11.1. The Balaban J connectivity index is 1.95. The van der Waals surface area contributed by atoms with Crippen molar-refractivity contribution >= 4 is 16.6 Å². The van der Waals surface area contributed by atoms with Crippen molar-refractivity contribution in [2.45, 2.75) is 12.1 Å². The third kappa shape index (κ3) is 1.83. The standard InChI is InChI=1S/C18H10NO4/c20-15-9-5-1-2-6-10(9)16(21)13(15)19-14-17(22)11-7-3-4-8-12(11)18(14)23/h1-8,13,15H/q-1. The summed E-state index contributed by atoms with van der Waals surface area (Å²) in [7, 11) is 0. The number of fused-ring (bicyclic) bond motifs is 2. The first-order valence-electron chi connectivity index (χ1n) is 7.15. The molecule has 1 aliphatic rings. The van der Waals surface area contributed by atoms with E-state index in [2.05, 4.69) is 4.99 Å². The second-order valence-corrected chi connectivity index (χ2v) is 5.50. The lowest BCUT2D eigenvalue weighted by Crippen LogP contribution is -2.37. The van der Waals surface area contributed by atoms with Crippen molar-refractivity contribution in [1.29, 1.82) is 0 Å². The minimum absolute atomic E-state index is 0.265. The molecule has 0 heterocycles. The van der Waals surface area contributed by atoms with Gasteiger partial charge in [0.1, 0.15) is 6.04 Å². The average Bonchev–Trinajstić information content (AvgIpc) is 2.97. The van der Waals surface area contributed by atoms with Crippen LogP contribution in [0.3, 0.4) is 0 Å². The number of benzene rings is 2. The molecule has 0 radical (unpaired) electrons. The van der Waals surface area contributed by atoms with Crippen LogP contribution in [0.15, 0.2) is 63.1 Å². The number of ketones is 1. The number of rotatable bonds is 1. The predicted molar refractivity (Wildman–Crippen MR) is 81.7 cm³/mol. The van der Waals surface area contributed by atoms with E-state index in [4.69, 9.17) is 0 Å². The van der Waals surface area contributed by atoms with Gasteiger partial charge in [-0.3, -0.25) is 19.4 Å². The van der Waals surface area contributed by atoms with E-state index in [0.717, 1.165) is 0 Å². The van der Waals surface area contributed by atoms with Crippen molar-refractivity contribution in [3.63, 3.8) is 0 Å². The van der Waals surface area contributed by atoms with Gasteiger partial charge in [-0.1, -0.05) is 54.6 Å². The Morgan fingerprint density at radius 1 is 0.826 bits per heavy atom. The topological polar surface area (TPSA) is 86.6 Å². The van der Waals surface area contributed by atoms with Gasteiger partial charge < -0.3 is 5.11 Å². The van der Waals surface area contributed by atoms with Gasteiger partial charge in [0.15, 0.2) is 11.1 Å². The molecule has 4 rings (SSSR count). The summed E-state index contributed by atoms with van der Waals surface area (Å²) < 4.78 is 0. The fraction of sp³-hybridized carbons (Fsp3) is 0.111. The van der Waals surface area contributed by atoms with Crippen LogP contribution >= 0.6 is 0 Å². The third-order valence-electron chi connectivity index (χ3n) is 4.20. The van der Waals surface area contributed by atoms with Crippen molar-refractivity contribution in [3.05, 3.63) is 85.5 Å². The molecule has 3 aromatic rings. The van der Waals surface area contributed by atoms with E-state index in [1.54, 1.807) is 36.4 Å². The average molecular weight is 304 g/mol. The number of nitrogens with zero attached hydrogens (tertiary/aromatic N) is 1. The van der Waals surface area contributed by atoms with Crippen molar-refractivity contribution in [2.75, 3.05) is 0 Å². The number of Topliss-reactive ketones (excluding diaryl/α,β-unsaturated/α-hetero) is 1. The van der Waals surface area contributed by atoms with Gasteiger partial charge in [-0.25, -0.2) is 0 Å². The SMILES string of the molecule is O=C1c2ccccc2C([O-])C1N=c1c(=O)c2ccccc2c1=O. The van der Waals surface area contributed by atoms with E-state index >= 15 is 0 Å². The third-order valence-corrected chi connectivity index (χ3v) is 4.20. The molecule has 1 aliphatic carbocycles. The molecule has 5 heteroatoms. The molecule has 0 saturated heterocycles. The maximum absolute atomic E-state index is 12.4. The largest absolute Gasteiger partial charge is 0.847 e. The highest BCUT2D eigenvalue weighted by Gasteiger charge is 2.33. The number of hydrogen-bond acceptors (Lipinski definition) is 5. The summed E-state index contributed by atoms with van der Waals surface area (Å²) in [6.07, 6.45) is -1.39. The molecule has 0 aliphatic heterocycles. The van der Waals surface area contributed by atoms with E-state index in [-0.39, 0.29) is 16.1 Å². The molecular weight excluding hydrogens is 294 g/mol. The van der Waals surface area contributed by atoms with Crippen LogP contribution in [0.2, 0.25) is 0 Å². The van der Waals surface area contributed by atoms with Crippen LogP contribution in [-0.2, 0) is 0 Å². The van der Waals surface area contributed by atoms with Crippen LogP contribution in [0.4, 0.5) is 0 Å². The predicted octanol–water partition coefficient (Wildman–Crippen LogP) is 0.00300. The smallest absolute Gasteiger partial charge is 0.215 e. The zero-order chi connectivity index (χ0) is 16.1. The fourth-order valence-electron chi connectivity index (χ4n) is 3.06. The molecule has 0 aromatic heterocycles. The van der Waals surface area contributed by atoms with Crippen LogP contribution in [-0.4, -0.2) is 11.8 Å². The molecule has 0 spiro atoms. The zero-order valence-corrected chi connectivity index (χ0v) is 11.9. The second-order valence-electron chi connectivity index (χ2n) is 5.50. The Bertz CT molecular complexity index is 1060. The summed E-state index contributed by atoms with van der Waals surface area (Å²) in [6.45, 7) is 0. The summed E-state index contributed by atoms with van der Waals surface area (Å²) in [5, 5.41) is 12.6. The Morgan fingerprint density at radius 2 is 1.39 bits per heavy atom. The molecule has 0 fully saturated rings. The normalized spacial score (nSPS) is 20.0. The van der Waals surface area contributed by atoms with Crippen molar-refractivity contribution in [2.24, 2.45) is 4.99 Å². The zero-order valence-electron chi connectivity index (χ0n) is 11.9. The van der Waals surface area contributed by atoms with Gasteiger partial charge in [-0.05, 0) is 5.56 Å². The lowest BCUT2D eigenvalue weighted by Gasteiger charge is -2.20. The molecule has 0 saturated carbocycles. The Kier molecular flexibility index (Phi) is 2.86.